The van der Waals surface area contributed by atoms with Crippen molar-refractivity contribution in [2.24, 2.45) is 0 Å². The number of para-hydroxylation sites is 2. The van der Waals surface area contributed by atoms with Crippen LogP contribution in [0, 0.1) is 0 Å². The van der Waals surface area contributed by atoms with Crippen LogP contribution in [-0.2, 0) is 11.3 Å². The molecule has 1 aliphatic carbocycles. The van der Waals surface area contributed by atoms with Crippen molar-refractivity contribution in [3.8, 4) is 0 Å². The highest BCUT2D eigenvalue weighted by Crippen LogP contribution is 2.33. The molecule has 134 valence electrons. The van der Waals surface area contributed by atoms with Gasteiger partial charge in [0, 0.05) is 30.4 Å². The van der Waals surface area contributed by atoms with Gasteiger partial charge in [-0.05, 0) is 36.8 Å². The molecule has 0 saturated heterocycles. The third kappa shape index (κ3) is 2.79. The molecule has 0 unspecified atom stereocenters. The number of likely N-dealkylation sites (N-methyl/N-ethyl adjacent to an activating group) is 1. The highest BCUT2D eigenvalue weighted by atomic mass is 16.3. The normalized spacial score (nSPS) is 15.3. The second-order valence-corrected chi connectivity index (χ2v) is 6.53. The lowest BCUT2D eigenvalue weighted by Crippen LogP contribution is -2.39. The van der Waals surface area contributed by atoms with Gasteiger partial charge in [-0.1, -0.05) is 36.1 Å². The molecule has 0 fully saturated rings. The van der Waals surface area contributed by atoms with Crippen molar-refractivity contribution in [1.29, 1.82) is 0 Å². The van der Waals surface area contributed by atoms with E-state index in [2.05, 4.69) is 11.5 Å². The first-order valence-electron chi connectivity index (χ1n) is 9.00. The second kappa shape index (κ2) is 6.72. The topological polar surface area (TPSA) is 47.2 Å². The van der Waals surface area contributed by atoms with E-state index in [0.717, 1.165) is 28.7 Å². The molecule has 0 bridgehead atoms. The Balaban J connectivity index is 1.76. The van der Waals surface area contributed by atoms with Crippen molar-refractivity contribution in [3.63, 3.8) is 0 Å². The first kappa shape index (κ1) is 17.0. The van der Waals surface area contributed by atoms with Crippen LogP contribution < -0.4 is 14.6 Å². The molecule has 0 atom stereocenters. The summed E-state index contributed by atoms with van der Waals surface area (Å²) in [5, 5.41) is 13.7. The van der Waals surface area contributed by atoms with Crippen LogP contribution in [-0.4, -0.2) is 12.8 Å². The summed E-state index contributed by atoms with van der Waals surface area (Å²) in [6.45, 7) is 2.94. The number of Topliss-reactive ketones (excluding diaryl/α,β-unsaturated/α-hetero) is 1. The van der Waals surface area contributed by atoms with Gasteiger partial charge in [0.15, 0.2) is 6.20 Å². The number of aryl methyl sites for hydroxylation is 1. The van der Waals surface area contributed by atoms with Crippen molar-refractivity contribution in [1.82, 2.24) is 0 Å². The number of benzene rings is 2. The van der Waals surface area contributed by atoms with E-state index < -0.39 is 0 Å². The van der Waals surface area contributed by atoms with Gasteiger partial charge in [-0.25, -0.2) is 0 Å². The molecule has 27 heavy (non-hydrogen) atoms. The molecule has 0 saturated carbocycles. The standard InChI is InChI=1S/C23H20N2O2/c1-3-25-14-13-16(18-11-7-8-12-20(18)25)15-19-22(26)21(23(19)27)24(2)17-9-5-4-6-10-17/h4-15H,3H2,1-2H3. The molecule has 0 aliphatic heterocycles. The molecule has 1 aromatic heterocycles. The van der Waals surface area contributed by atoms with Gasteiger partial charge in [0.2, 0.25) is 11.3 Å². The van der Waals surface area contributed by atoms with Gasteiger partial charge >= 0.3 is 0 Å². The summed E-state index contributed by atoms with van der Waals surface area (Å²) in [5.41, 5.74) is 3.25. The van der Waals surface area contributed by atoms with Gasteiger partial charge in [0.1, 0.15) is 6.54 Å². The third-order valence-electron chi connectivity index (χ3n) is 5.00. The lowest BCUT2D eigenvalue weighted by molar-refractivity contribution is -0.667. The van der Waals surface area contributed by atoms with Crippen LogP contribution in [0.3, 0.4) is 0 Å². The maximum Gasteiger partial charge on any atom is 0.213 e. The minimum absolute atomic E-state index is 0.206. The van der Waals surface area contributed by atoms with E-state index in [1.165, 1.54) is 0 Å². The lowest BCUT2D eigenvalue weighted by atomic mass is 9.90. The van der Waals surface area contributed by atoms with Crippen LogP contribution >= 0.6 is 0 Å². The quantitative estimate of drug-likeness (QED) is 0.533. The molecule has 0 N–H and O–H groups in total. The van der Waals surface area contributed by atoms with E-state index in [-0.39, 0.29) is 22.8 Å². The zero-order valence-electron chi connectivity index (χ0n) is 15.3. The number of hydrogen-bond acceptors (Lipinski definition) is 3. The molecular weight excluding hydrogens is 336 g/mol. The summed E-state index contributed by atoms with van der Waals surface area (Å²) in [6, 6.07) is 19.4. The number of ketones is 1. The largest absolute Gasteiger partial charge is 0.870 e. The zero-order valence-corrected chi connectivity index (χ0v) is 15.3. The number of pyridine rings is 1. The van der Waals surface area contributed by atoms with E-state index in [1.807, 2.05) is 66.9 Å². The van der Waals surface area contributed by atoms with Gasteiger partial charge in [0.05, 0.1) is 11.1 Å². The average Bonchev–Trinajstić information content (AvgIpc) is 2.72. The number of rotatable bonds is 4. The maximum absolute atomic E-state index is 12.7. The van der Waals surface area contributed by atoms with Crippen molar-refractivity contribution in [3.05, 3.63) is 89.5 Å². The molecule has 1 aliphatic rings. The first-order chi connectivity index (χ1) is 13.1. The monoisotopic (exact) mass is 356 g/mol. The summed E-state index contributed by atoms with van der Waals surface area (Å²) < 4.78 is 2.14. The van der Waals surface area contributed by atoms with Gasteiger partial charge in [-0.2, -0.15) is 4.57 Å². The SMILES string of the molecule is CC[n+]1ccc(/C=C2/C(=O)C(N(C)c3ccccc3)=C2[O-])c2ccccc21. The number of aromatic nitrogens is 1. The summed E-state index contributed by atoms with van der Waals surface area (Å²) >= 11 is 0. The van der Waals surface area contributed by atoms with Crippen molar-refractivity contribution in [2.75, 3.05) is 11.9 Å². The highest BCUT2D eigenvalue weighted by Gasteiger charge is 2.30. The van der Waals surface area contributed by atoms with Crippen LogP contribution in [0.25, 0.3) is 17.0 Å². The van der Waals surface area contributed by atoms with Gasteiger partial charge in [-0.15, -0.1) is 0 Å². The maximum atomic E-state index is 12.7. The Morgan fingerprint density at radius 1 is 1.04 bits per heavy atom. The van der Waals surface area contributed by atoms with Crippen LogP contribution in [0.15, 0.2) is 83.9 Å². The Labute approximate surface area is 158 Å². The highest BCUT2D eigenvalue weighted by molar-refractivity contribution is 6.23. The number of hydrogen-bond donors (Lipinski definition) is 0. The molecule has 4 rings (SSSR count). The fourth-order valence-corrected chi connectivity index (χ4v) is 3.48. The minimum atomic E-state index is -0.206. The molecule has 0 spiro atoms. The Hall–Kier alpha value is -3.40. The summed E-state index contributed by atoms with van der Waals surface area (Å²) in [6.07, 6.45) is 3.71. The van der Waals surface area contributed by atoms with Gasteiger partial charge in [-0.3, -0.25) is 4.79 Å². The molecule has 0 amide bonds. The van der Waals surface area contributed by atoms with Crippen LogP contribution in [0.1, 0.15) is 12.5 Å². The molecule has 4 heteroatoms. The van der Waals surface area contributed by atoms with E-state index >= 15 is 0 Å². The van der Waals surface area contributed by atoms with Gasteiger partial charge < -0.3 is 10.0 Å². The Bertz CT molecular complexity index is 1100. The summed E-state index contributed by atoms with van der Waals surface area (Å²) in [7, 11) is 1.75. The van der Waals surface area contributed by atoms with Crippen LogP contribution in [0.5, 0.6) is 0 Å². The number of nitrogens with zero attached hydrogens (tertiary/aromatic N) is 2. The van der Waals surface area contributed by atoms with Crippen molar-refractivity contribution < 1.29 is 14.5 Å². The Kier molecular flexibility index (Phi) is 4.24. The number of carbonyl (C=O) groups excluding carboxylic acids is 1. The van der Waals surface area contributed by atoms with Gasteiger partial charge in [0.25, 0.3) is 0 Å². The Morgan fingerprint density at radius 3 is 2.44 bits per heavy atom. The predicted octanol–water partition coefficient (Wildman–Crippen LogP) is 2.82. The molecule has 3 aromatic rings. The van der Waals surface area contributed by atoms with E-state index in [1.54, 1.807) is 18.0 Å². The molecule has 1 heterocycles. The first-order valence-corrected chi connectivity index (χ1v) is 9.00. The van der Waals surface area contributed by atoms with Crippen LogP contribution in [0.2, 0.25) is 0 Å². The van der Waals surface area contributed by atoms with E-state index in [4.69, 9.17) is 0 Å². The molecule has 0 radical (unpaired) electrons. The lowest BCUT2D eigenvalue weighted by Gasteiger charge is -2.36. The van der Waals surface area contributed by atoms with Crippen molar-refractivity contribution >= 4 is 28.4 Å². The number of allylic oxidation sites excluding steroid dienone is 2. The molecule has 4 nitrogen and oxygen atoms in total. The van der Waals surface area contributed by atoms with Crippen molar-refractivity contribution in [2.45, 2.75) is 13.5 Å². The van der Waals surface area contributed by atoms with Crippen LogP contribution in [0.4, 0.5) is 5.69 Å². The third-order valence-corrected chi connectivity index (χ3v) is 5.00. The number of carbonyl (C=O) groups is 1. The second-order valence-electron chi connectivity index (χ2n) is 6.53. The average molecular weight is 356 g/mol. The molecular formula is C23H20N2O2. The number of anilines is 1. The zero-order chi connectivity index (χ0) is 19.0. The minimum Gasteiger partial charge on any atom is -0.870 e. The van der Waals surface area contributed by atoms with E-state index in [9.17, 15) is 9.90 Å². The smallest absolute Gasteiger partial charge is 0.213 e. The Morgan fingerprint density at radius 2 is 1.74 bits per heavy atom. The fourth-order valence-electron chi connectivity index (χ4n) is 3.48. The summed E-state index contributed by atoms with van der Waals surface area (Å²) in [5.74, 6) is -0.412. The summed E-state index contributed by atoms with van der Waals surface area (Å²) in [4.78, 5) is 14.3. The molecule has 2 aromatic carbocycles. The van der Waals surface area contributed by atoms with E-state index in [0.29, 0.717) is 0 Å². The fraction of sp³-hybridized carbons (Fsp3) is 0.130. The predicted molar refractivity (Wildman–Crippen MR) is 105 cm³/mol. The number of fused-ring (bicyclic) bond motifs is 1.